The van der Waals surface area contributed by atoms with E-state index in [0.717, 1.165) is 42.6 Å². The zero-order valence-corrected chi connectivity index (χ0v) is 20.4. The fourth-order valence-electron chi connectivity index (χ4n) is 4.34. The van der Waals surface area contributed by atoms with E-state index in [-0.39, 0.29) is 5.91 Å². The summed E-state index contributed by atoms with van der Waals surface area (Å²) < 4.78 is 26.7. The van der Waals surface area contributed by atoms with Gasteiger partial charge in [-0.2, -0.15) is 0 Å². The molecule has 1 heterocycles. The first kappa shape index (κ1) is 24.3. The molecule has 7 heteroatoms. The Morgan fingerprint density at radius 2 is 1.78 bits per heavy atom. The summed E-state index contributed by atoms with van der Waals surface area (Å²) >= 11 is 0. The number of nitrogens with zero attached hydrogens (tertiary/aromatic N) is 2. The number of likely N-dealkylation sites (tertiary alicyclic amines) is 1. The lowest BCUT2D eigenvalue weighted by atomic mass is 10.1. The number of anilines is 1. The smallest absolute Gasteiger partial charge is 0.244 e. The monoisotopic (exact) mass is 457 g/mol. The molecule has 1 unspecified atom stereocenters. The summed E-state index contributed by atoms with van der Waals surface area (Å²) in [5.41, 5.74) is 4.58. The molecule has 1 fully saturated rings. The Hall–Kier alpha value is -2.38. The second kappa shape index (κ2) is 10.5. The van der Waals surface area contributed by atoms with Gasteiger partial charge in [0.05, 0.1) is 11.9 Å². The van der Waals surface area contributed by atoms with Crippen LogP contribution in [0.2, 0.25) is 0 Å². The van der Waals surface area contributed by atoms with Gasteiger partial charge in [-0.3, -0.25) is 14.0 Å². The van der Waals surface area contributed by atoms with Crippen LogP contribution < -0.4 is 9.62 Å². The molecule has 32 heavy (non-hydrogen) atoms. The lowest BCUT2D eigenvalue weighted by Gasteiger charge is -2.31. The normalized spacial score (nSPS) is 15.5. The van der Waals surface area contributed by atoms with Gasteiger partial charge in [0, 0.05) is 13.1 Å². The van der Waals surface area contributed by atoms with Crippen molar-refractivity contribution in [3.8, 4) is 0 Å². The molecule has 174 valence electrons. The van der Waals surface area contributed by atoms with E-state index >= 15 is 0 Å². The molecule has 0 bridgehead atoms. The van der Waals surface area contributed by atoms with Gasteiger partial charge in [0.1, 0.15) is 6.04 Å². The van der Waals surface area contributed by atoms with Gasteiger partial charge >= 0.3 is 0 Å². The summed E-state index contributed by atoms with van der Waals surface area (Å²) in [7, 11) is -3.65. The van der Waals surface area contributed by atoms with Gasteiger partial charge < -0.3 is 5.32 Å². The second-order valence-electron chi connectivity index (χ2n) is 8.79. The fourth-order valence-corrected chi connectivity index (χ4v) is 5.60. The van der Waals surface area contributed by atoms with Crippen molar-refractivity contribution in [3.05, 3.63) is 64.7 Å². The number of amides is 1. The Labute approximate surface area is 192 Å². The molecule has 0 spiro atoms. The van der Waals surface area contributed by atoms with Crippen LogP contribution in [-0.4, -0.2) is 44.6 Å². The van der Waals surface area contributed by atoms with Gasteiger partial charge in [-0.05, 0) is 74.5 Å². The Morgan fingerprint density at radius 3 is 2.44 bits per heavy atom. The lowest BCUT2D eigenvalue weighted by molar-refractivity contribution is -0.122. The highest BCUT2D eigenvalue weighted by atomic mass is 32.2. The van der Waals surface area contributed by atoms with E-state index < -0.39 is 16.1 Å². The highest BCUT2D eigenvalue weighted by Crippen LogP contribution is 2.27. The molecule has 1 atom stereocenters. The molecule has 0 aliphatic carbocycles. The van der Waals surface area contributed by atoms with Crippen molar-refractivity contribution in [3.63, 3.8) is 0 Å². The van der Waals surface area contributed by atoms with Crippen molar-refractivity contribution < 1.29 is 13.2 Å². The van der Waals surface area contributed by atoms with E-state index in [0.29, 0.717) is 18.7 Å². The molecule has 1 amide bonds. The maximum absolute atomic E-state index is 13.1. The molecule has 6 nitrogen and oxygen atoms in total. The Bertz CT molecular complexity index is 1050. The van der Waals surface area contributed by atoms with Crippen LogP contribution in [0.4, 0.5) is 5.69 Å². The number of rotatable bonds is 9. The first-order valence-electron chi connectivity index (χ1n) is 11.3. The maximum atomic E-state index is 13.1. The number of nitrogens with one attached hydrogen (secondary N) is 1. The zero-order valence-electron chi connectivity index (χ0n) is 19.6. The molecular weight excluding hydrogens is 422 g/mol. The van der Waals surface area contributed by atoms with Gasteiger partial charge in [0.15, 0.2) is 0 Å². The van der Waals surface area contributed by atoms with Crippen LogP contribution in [0.3, 0.4) is 0 Å². The minimum absolute atomic E-state index is 0.288. The topological polar surface area (TPSA) is 69.7 Å². The van der Waals surface area contributed by atoms with E-state index in [1.807, 2.05) is 51.1 Å². The van der Waals surface area contributed by atoms with E-state index in [9.17, 15) is 13.2 Å². The summed E-state index contributed by atoms with van der Waals surface area (Å²) in [6.07, 6.45) is 4.05. The Balaban J connectivity index is 1.75. The minimum Gasteiger partial charge on any atom is -0.350 e. The summed E-state index contributed by atoms with van der Waals surface area (Å²) in [5.74, 6) is -0.288. The van der Waals surface area contributed by atoms with Crippen LogP contribution in [0.1, 0.15) is 48.4 Å². The van der Waals surface area contributed by atoms with Crippen LogP contribution in [0.15, 0.2) is 42.5 Å². The molecule has 0 saturated carbocycles. The van der Waals surface area contributed by atoms with Crippen molar-refractivity contribution in [1.82, 2.24) is 10.2 Å². The molecule has 0 aromatic heterocycles. The fraction of sp³-hybridized carbons (Fsp3) is 0.480. The average Bonchev–Trinajstić information content (AvgIpc) is 3.24. The van der Waals surface area contributed by atoms with Crippen molar-refractivity contribution in [2.75, 3.05) is 23.7 Å². The van der Waals surface area contributed by atoms with E-state index in [2.05, 4.69) is 22.3 Å². The Kier molecular flexibility index (Phi) is 7.96. The third-order valence-electron chi connectivity index (χ3n) is 5.99. The van der Waals surface area contributed by atoms with Crippen molar-refractivity contribution >= 4 is 21.6 Å². The number of hydrogen-bond donors (Lipinski definition) is 1. The van der Waals surface area contributed by atoms with Crippen LogP contribution in [-0.2, 0) is 27.9 Å². The zero-order chi connectivity index (χ0) is 23.3. The van der Waals surface area contributed by atoms with Crippen LogP contribution >= 0.6 is 0 Å². The predicted molar refractivity (Wildman–Crippen MR) is 130 cm³/mol. The van der Waals surface area contributed by atoms with E-state index in [1.54, 1.807) is 0 Å². The van der Waals surface area contributed by atoms with Crippen LogP contribution in [0.5, 0.6) is 0 Å². The molecule has 3 rings (SSSR count). The van der Waals surface area contributed by atoms with Crippen molar-refractivity contribution in [1.29, 1.82) is 0 Å². The van der Waals surface area contributed by atoms with Gasteiger partial charge in [0.2, 0.25) is 15.9 Å². The number of benzene rings is 2. The number of hydrogen-bond acceptors (Lipinski definition) is 4. The molecular formula is C25H35N3O3S. The highest BCUT2D eigenvalue weighted by molar-refractivity contribution is 7.92. The predicted octanol–water partition coefficient (Wildman–Crippen LogP) is 3.76. The summed E-state index contributed by atoms with van der Waals surface area (Å²) in [4.78, 5) is 15.6. The second-order valence-corrected chi connectivity index (χ2v) is 10.7. The Morgan fingerprint density at radius 1 is 1.09 bits per heavy atom. The molecule has 0 radical (unpaired) electrons. The maximum Gasteiger partial charge on any atom is 0.244 e. The number of carbonyl (C=O) groups excluding carboxylic acids is 1. The largest absolute Gasteiger partial charge is 0.350 e. The van der Waals surface area contributed by atoms with Crippen molar-refractivity contribution in [2.24, 2.45) is 0 Å². The van der Waals surface area contributed by atoms with Gasteiger partial charge in [-0.1, -0.05) is 43.3 Å². The summed E-state index contributed by atoms with van der Waals surface area (Å²) in [6.45, 7) is 9.19. The van der Waals surface area contributed by atoms with Gasteiger partial charge in [-0.15, -0.1) is 0 Å². The minimum atomic E-state index is -3.65. The van der Waals surface area contributed by atoms with Gasteiger partial charge in [0.25, 0.3) is 0 Å². The number of sulfonamides is 1. The third-order valence-corrected chi connectivity index (χ3v) is 7.16. The third kappa shape index (κ3) is 6.11. The standard InChI is InChI=1S/C25H35N3O3S/c1-5-23(28(32(4,30)31)24-15-19(2)11-12-20(24)3)25(29)26-17-21-9-8-10-22(16-21)18-27-13-6-7-14-27/h8-12,15-16,23H,5-7,13-14,17-18H2,1-4H3,(H,26,29). The molecule has 1 N–H and O–H groups in total. The molecule has 2 aromatic carbocycles. The number of aryl methyl sites for hydroxylation is 2. The molecule has 1 saturated heterocycles. The average molecular weight is 458 g/mol. The SMILES string of the molecule is CCC(C(=O)NCc1cccc(CN2CCCC2)c1)N(c1cc(C)ccc1C)S(C)(=O)=O. The highest BCUT2D eigenvalue weighted by Gasteiger charge is 2.32. The van der Waals surface area contributed by atoms with Gasteiger partial charge in [-0.25, -0.2) is 8.42 Å². The van der Waals surface area contributed by atoms with Crippen LogP contribution in [0.25, 0.3) is 0 Å². The number of carbonyl (C=O) groups is 1. The molecule has 1 aliphatic heterocycles. The lowest BCUT2D eigenvalue weighted by Crippen LogP contribution is -2.49. The molecule has 1 aliphatic rings. The van der Waals surface area contributed by atoms with Crippen molar-refractivity contribution in [2.45, 2.75) is 59.2 Å². The van der Waals surface area contributed by atoms with E-state index in [4.69, 9.17) is 0 Å². The van der Waals surface area contributed by atoms with Crippen LogP contribution in [0, 0.1) is 13.8 Å². The van der Waals surface area contributed by atoms with E-state index in [1.165, 1.54) is 22.7 Å². The molecule has 2 aromatic rings. The first-order chi connectivity index (χ1) is 15.2. The first-order valence-corrected chi connectivity index (χ1v) is 13.2. The summed E-state index contributed by atoms with van der Waals surface area (Å²) in [6, 6.07) is 13.1. The quantitative estimate of drug-likeness (QED) is 0.623. The summed E-state index contributed by atoms with van der Waals surface area (Å²) in [5, 5.41) is 2.97.